The number of ether oxygens (including phenoxy) is 2. The molecule has 2 aromatic heterocycles. The second kappa shape index (κ2) is 19.8. The molecule has 7 nitrogen and oxygen atoms in total. The van der Waals surface area contributed by atoms with E-state index in [0.29, 0.717) is 36.1 Å². The van der Waals surface area contributed by atoms with E-state index >= 15 is 9.59 Å². The van der Waals surface area contributed by atoms with Crippen LogP contribution < -0.4 is 14.4 Å². The summed E-state index contributed by atoms with van der Waals surface area (Å²) in [7, 11) is 3.35. The summed E-state index contributed by atoms with van der Waals surface area (Å²) in [5, 5.41) is 0. The van der Waals surface area contributed by atoms with Crippen LogP contribution in [0.4, 0.5) is 17.1 Å². The molecule has 10 heteroatoms. The minimum atomic E-state index is -0.0524. The van der Waals surface area contributed by atoms with Crippen molar-refractivity contribution in [2.24, 2.45) is 11.8 Å². The zero-order chi connectivity index (χ0) is 42.3. The molecule has 0 radical (unpaired) electrons. The Bertz CT molecular complexity index is 2280. The van der Waals surface area contributed by atoms with Crippen molar-refractivity contribution in [2.45, 2.75) is 79.1 Å². The predicted octanol–water partition coefficient (Wildman–Crippen LogP) is 14.0. The van der Waals surface area contributed by atoms with E-state index in [1.807, 2.05) is 40.1 Å². The Morgan fingerprint density at radius 2 is 0.983 bits per heavy atom. The van der Waals surface area contributed by atoms with E-state index in [-0.39, 0.29) is 11.8 Å². The fourth-order valence-electron chi connectivity index (χ4n) is 8.35. The number of benzene rings is 3. The van der Waals surface area contributed by atoms with Crippen LogP contribution in [0.3, 0.4) is 0 Å². The van der Waals surface area contributed by atoms with Gasteiger partial charge >= 0.3 is 0 Å². The average Bonchev–Trinajstić information content (AvgIpc) is 4.06. The van der Waals surface area contributed by atoms with Gasteiger partial charge in [-0.1, -0.05) is 78.4 Å². The SMILES string of the molecule is CCCCC(CC)CN1C(=O)C2=C(c3ccc(-c4ccc(N(c5ccc(OC)cc5)c5ccc(OC)cc5)cc4)s3)N(CC(CC)CCCC)C(=O)C2=C1c1ccc(Br)s1. The Morgan fingerprint density at radius 3 is 1.38 bits per heavy atom. The molecule has 0 spiro atoms. The van der Waals surface area contributed by atoms with Crippen molar-refractivity contribution in [1.29, 1.82) is 0 Å². The van der Waals surface area contributed by atoms with Crippen LogP contribution in [0.25, 0.3) is 21.8 Å². The number of halogens is 1. The van der Waals surface area contributed by atoms with Crippen molar-refractivity contribution in [3.05, 3.63) is 122 Å². The lowest BCUT2D eigenvalue weighted by Gasteiger charge is -2.29. The van der Waals surface area contributed by atoms with Crippen LogP contribution in [0.15, 0.2) is 112 Å². The first-order valence-electron chi connectivity index (χ1n) is 21.4. The molecule has 0 fully saturated rings. The number of thiophene rings is 2. The molecule has 3 aromatic carbocycles. The van der Waals surface area contributed by atoms with Gasteiger partial charge in [0.05, 0.1) is 50.3 Å². The highest BCUT2D eigenvalue weighted by atomic mass is 79.9. The van der Waals surface area contributed by atoms with E-state index in [4.69, 9.17) is 9.47 Å². The third-order valence-corrected chi connectivity index (χ3v) is 14.6. The number of hydrogen-bond donors (Lipinski definition) is 0. The molecule has 0 saturated carbocycles. The number of fused-ring (bicyclic) bond motifs is 1. The topological polar surface area (TPSA) is 62.3 Å². The maximum Gasteiger partial charge on any atom is 0.261 e. The normalized spacial score (nSPS) is 15.0. The number of hydrogen-bond acceptors (Lipinski definition) is 7. The minimum Gasteiger partial charge on any atom is -0.497 e. The molecular formula is C50H56BrN3O4S2. The van der Waals surface area contributed by atoms with Crippen LogP contribution in [-0.2, 0) is 9.59 Å². The molecule has 4 heterocycles. The molecule has 314 valence electrons. The van der Waals surface area contributed by atoms with Gasteiger partial charge in [0.15, 0.2) is 0 Å². The number of rotatable bonds is 20. The Kier molecular flexibility index (Phi) is 14.4. The average molecular weight is 907 g/mol. The molecule has 0 aliphatic carbocycles. The summed E-state index contributed by atoms with van der Waals surface area (Å²) in [4.78, 5) is 39.1. The van der Waals surface area contributed by atoms with E-state index in [0.717, 1.165) is 115 Å². The van der Waals surface area contributed by atoms with Gasteiger partial charge in [-0.15, -0.1) is 22.7 Å². The van der Waals surface area contributed by atoms with Gasteiger partial charge in [0.25, 0.3) is 11.8 Å². The highest BCUT2D eigenvalue weighted by Crippen LogP contribution is 2.50. The highest BCUT2D eigenvalue weighted by Gasteiger charge is 2.50. The van der Waals surface area contributed by atoms with Gasteiger partial charge in [-0.2, -0.15) is 0 Å². The van der Waals surface area contributed by atoms with Gasteiger partial charge < -0.3 is 24.2 Å². The largest absolute Gasteiger partial charge is 0.497 e. The first kappa shape index (κ1) is 43.4. The predicted molar refractivity (Wildman–Crippen MR) is 253 cm³/mol. The molecule has 0 bridgehead atoms. The van der Waals surface area contributed by atoms with Crippen molar-refractivity contribution < 1.29 is 19.1 Å². The fourth-order valence-corrected chi connectivity index (χ4v) is 10.9. The number of amides is 2. The zero-order valence-corrected chi connectivity index (χ0v) is 38.9. The molecular weight excluding hydrogens is 851 g/mol. The molecule has 2 amide bonds. The second-order valence-corrected chi connectivity index (χ2v) is 19.2. The van der Waals surface area contributed by atoms with Gasteiger partial charge in [0.1, 0.15) is 11.5 Å². The van der Waals surface area contributed by atoms with E-state index in [1.54, 1.807) is 36.9 Å². The Labute approximate surface area is 372 Å². The molecule has 0 N–H and O–H groups in total. The lowest BCUT2D eigenvalue weighted by atomic mass is 9.98. The van der Waals surface area contributed by atoms with E-state index < -0.39 is 0 Å². The summed E-state index contributed by atoms with van der Waals surface area (Å²) in [5.41, 5.74) is 6.74. The second-order valence-electron chi connectivity index (χ2n) is 15.7. The quantitative estimate of drug-likeness (QED) is 0.0779. The highest BCUT2D eigenvalue weighted by molar-refractivity contribution is 9.11. The van der Waals surface area contributed by atoms with Crippen LogP contribution in [0, 0.1) is 11.8 Å². The Hall–Kier alpha value is -4.64. The summed E-state index contributed by atoms with van der Waals surface area (Å²) >= 11 is 6.91. The summed E-state index contributed by atoms with van der Waals surface area (Å²) in [5.74, 6) is 2.17. The number of nitrogens with zero attached hydrogens (tertiary/aromatic N) is 3. The number of unbranched alkanes of at least 4 members (excludes halogenated alkanes) is 2. The monoisotopic (exact) mass is 905 g/mol. The van der Waals surface area contributed by atoms with Crippen molar-refractivity contribution in [3.63, 3.8) is 0 Å². The number of methoxy groups -OCH3 is 2. The van der Waals surface area contributed by atoms with Crippen LogP contribution in [0.2, 0.25) is 0 Å². The van der Waals surface area contributed by atoms with E-state index in [1.165, 1.54) is 0 Å². The Balaban J connectivity index is 1.29. The number of carbonyl (C=O) groups is 2. The molecule has 7 rings (SSSR count). The van der Waals surface area contributed by atoms with Crippen molar-refractivity contribution in [2.75, 3.05) is 32.2 Å². The maximum absolute atomic E-state index is 15.0. The molecule has 5 aromatic rings. The molecule has 2 atom stereocenters. The summed E-state index contributed by atoms with van der Waals surface area (Å²) < 4.78 is 11.9. The molecule has 0 saturated heterocycles. The lowest BCUT2D eigenvalue weighted by Crippen LogP contribution is -2.34. The smallest absolute Gasteiger partial charge is 0.261 e. The van der Waals surface area contributed by atoms with Crippen LogP contribution in [-0.4, -0.2) is 48.9 Å². The maximum atomic E-state index is 15.0. The zero-order valence-electron chi connectivity index (χ0n) is 35.6. The summed E-state index contributed by atoms with van der Waals surface area (Å²) in [6, 6.07) is 33.0. The standard InChI is InChI=1S/C50H56BrN3O4S2/c1-7-11-13-33(9-3)31-52-47(45-46(50(52)56)48(43-29-30-44(51)60-43)53(49(45)55)32-34(10-4)14-12-8-2)42-28-27-41(59-42)35-15-17-36(18-16-35)54(37-19-23-39(57-5)24-20-37)38-21-25-40(58-6)26-22-38/h15-30,33-34H,7-14,31-32H2,1-6H3. The number of anilines is 3. The van der Waals surface area contributed by atoms with Crippen LogP contribution >= 0.6 is 38.6 Å². The van der Waals surface area contributed by atoms with Crippen LogP contribution in [0.5, 0.6) is 11.5 Å². The van der Waals surface area contributed by atoms with E-state index in [2.05, 4.69) is 115 Å². The first-order valence-corrected chi connectivity index (χ1v) is 23.8. The van der Waals surface area contributed by atoms with Gasteiger partial charge in [-0.3, -0.25) is 9.59 Å². The Morgan fingerprint density at radius 1 is 0.567 bits per heavy atom. The third kappa shape index (κ3) is 9.02. The van der Waals surface area contributed by atoms with Gasteiger partial charge in [-0.25, -0.2) is 0 Å². The fraction of sp³-hybridized carbons (Fsp3) is 0.360. The molecule has 2 unspecified atom stereocenters. The summed E-state index contributed by atoms with van der Waals surface area (Å²) in [6.07, 6.45) is 8.50. The van der Waals surface area contributed by atoms with Crippen LogP contribution in [0.1, 0.15) is 88.8 Å². The molecule has 60 heavy (non-hydrogen) atoms. The minimum absolute atomic E-state index is 0.0524. The van der Waals surface area contributed by atoms with Gasteiger partial charge in [0.2, 0.25) is 0 Å². The molecule has 2 aliphatic rings. The molecule has 2 aliphatic heterocycles. The van der Waals surface area contributed by atoms with Crippen molar-refractivity contribution >= 4 is 78.9 Å². The number of carbonyl (C=O) groups excluding carboxylic acids is 2. The van der Waals surface area contributed by atoms with Gasteiger partial charge in [0, 0.05) is 35.0 Å². The first-order chi connectivity index (χ1) is 29.2. The van der Waals surface area contributed by atoms with E-state index in [9.17, 15) is 0 Å². The van der Waals surface area contributed by atoms with Crippen molar-refractivity contribution in [3.8, 4) is 21.9 Å². The van der Waals surface area contributed by atoms with Crippen molar-refractivity contribution in [1.82, 2.24) is 9.80 Å². The summed E-state index contributed by atoms with van der Waals surface area (Å²) in [6.45, 7) is 10.1. The van der Waals surface area contributed by atoms with Gasteiger partial charge in [-0.05, 0) is 131 Å². The third-order valence-electron chi connectivity index (χ3n) is 11.9. The lowest BCUT2D eigenvalue weighted by molar-refractivity contribution is -0.124.